The molecule has 20 heavy (non-hydrogen) atoms. The molecule has 2 aromatic carbocycles. The first kappa shape index (κ1) is 15.4. The molecule has 0 heterocycles. The Morgan fingerprint density at radius 2 is 1.60 bits per heavy atom. The Labute approximate surface area is 128 Å². The smallest absolute Gasteiger partial charge is 0.0594 e. The van der Waals surface area contributed by atoms with Gasteiger partial charge in [0.25, 0.3) is 0 Å². The monoisotopic (exact) mass is 288 g/mol. The normalized spacial score (nSPS) is 15.3. The van der Waals surface area contributed by atoms with Gasteiger partial charge >= 0.3 is 0 Å². The summed E-state index contributed by atoms with van der Waals surface area (Å²) in [6.07, 6.45) is 1.01. The van der Waals surface area contributed by atoms with E-state index in [1.165, 1.54) is 21.9 Å². The second-order valence-electron chi connectivity index (χ2n) is 6.99. The maximum Gasteiger partial charge on any atom is 0.0594 e. The predicted molar refractivity (Wildman–Crippen MR) is 90.5 cm³/mol. The molecule has 2 aromatic rings. The van der Waals surface area contributed by atoms with Gasteiger partial charge in [0.2, 0.25) is 0 Å². The van der Waals surface area contributed by atoms with E-state index in [-0.39, 0.29) is 5.38 Å². The lowest BCUT2D eigenvalue weighted by molar-refractivity contribution is 0.245. The molecular formula is C19H25Cl. The highest BCUT2D eigenvalue weighted by Gasteiger charge is 2.24. The van der Waals surface area contributed by atoms with Crippen molar-refractivity contribution in [2.24, 2.45) is 11.3 Å². The van der Waals surface area contributed by atoms with E-state index in [4.69, 9.17) is 11.6 Å². The number of benzene rings is 2. The van der Waals surface area contributed by atoms with E-state index < -0.39 is 0 Å². The molecule has 0 saturated carbocycles. The zero-order valence-corrected chi connectivity index (χ0v) is 14.0. The molecule has 2 rings (SSSR count). The van der Waals surface area contributed by atoms with Crippen LogP contribution < -0.4 is 0 Å². The number of aryl methyl sites for hydroxylation is 1. The molecule has 0 N–H and O–H groups in total. The maximum absolute atomic E-state index is 6.74. The predicted octanol–water partition coefficient (Wildman–Crippen LogP) is 6.50. The number of alkyl halides is 1. The van der Waals surface area contributed by atoms with Crippen LogP contribution in [-0.2, 0) is 0 Å². The van der Waals surface area contributed by atoms with E-state index in [0.717, 1.165) is 6.42 Å². The summed E-state index contributed by atoms with van der Waals surface area (Å²) >= 11 is 6.74. The molecule has 0 aliphatic carbocycles. The Bertz CT molecular complexity index is 592. The summed E-state index contributed by atoms with van der Waals surface area (Å²) in [6, 6.07) is 13.0. The number of rotatable bonds is 3. The van der Waals surface area contributed by atoms with Gasteiger partial charge < -0.3 is 0 Å². The van der Waals surface area contributed by atoms with E-state index in [1.54, 1.807) is 0 Å². The zero-order chi connectivity index (χ0) is 14.9. The fraction of sp³-hybridized carbons (Fsp3) is 0.474. The summed E-state index contributed by atoms with van der Waals surface area (Å²) < 4.78 is 0. The van der Waals surface area contributed by atoms with Crippen LogP contribution in [0.5, 0.6) is 0 Å². The van der Waals surface area contributed by atoms with Crippen LogP contribution in [0.4, 0.5) is 0 Å². The fourth-order valence-corrected chi connectivity index (χ4v) is 2.99. The van der Waals surface area contributed by atoms with Crippen LogP contribution in [0.1, 0.15) is 50.6 Å². The van der Waals surface area contributed by atoms with E-state index in [1.807, 2.05) is 0 Å². The molecule has 0 aliphatic rings. The molecular weight excluding hydrogens is 264 g/mol. The van der Waals surface area contributed by atoms with Gasteiger partial charge in [0, 0.05) is 0 Å². The topological polar surface area (TPSA) is 0 Å². The average molecular weight is 289 g/mol. The number of halogens is 1. The zero-order valence-electron chi connectivity index (χ0n) is 13.2. The number of hydrogen-bond donors (Lipinski definition) is 0. The van der Waals surface area contributed by atoms with Crippen molar-refractivity contribution < 1.29 is 0 Å². The third kappa shape index (κ3) is 3.17. The van der Waals surface area contributed by atoms with Crippen LogP contribution in [0.3, 0.4) is 0 Å². The molecule has 0 nitrogen and oxygen atoms in total. The van der Waals surface area contributed by atoms with Gasteiger partial charge in [-0.1, -0.05) is 64.1 Å². The molecule has 108 valence electrons. The molecule has 2 unspecified atom stereocenters. The first-order valence-electron chi connectivity index (χ1n) is 7.43. The molecule has 0 aliphatic heterocycles. The van der Waals surface area contributed by atoms with Crippen LogP contribution in [0, 0.1) is 18.3 Å². The van der Waals surface area contributed by atoms with Crippen LogP contribution >= 0.6 is 11.6 Å². The van der Waals surface area contributed by atoms with Gasteiger partial charge in [-0.25, -0.2) is 0 Å². The minimum absolute atomic E-state index is 0.0784. The van der Waals surface area contributed by atoms with Crippen LogP contribution in [0.2, 0.25) is 0 Å². The van der Waals surface area contributed by atoms with Crippen LogP contribution in [0.25, 0.3) is 10.8 Å². The summed E-state index contributed by atoms with van der Waals surface area (Å²) in [5.41, 5.74) is 2.88. The summed E-state index contributed by atoms with van der Waals surface area (Å²) in [6.45, 7) is 11.3. The molecule has 0 fully saturated rings. The summed E-state index contributed by atoms with van der Waals surface area (Å²) in [4.78, 5) is 0. The first-order valence-corrected chi connectivity index (χ1v) is 7.86. The first-order chi connectivity index (χ1) is 9.30. The van der Waals surface area contributed by atoms with E-state index in [0.29, 0.717) is 11.3 Å². The Hall–Kier alpha value is -1.01. The Kier molecular flexibility index (Phi) is 4.44. The minimum Gasteiger partial charge on any atom is -0.118 e. The molecule has 0 bridgehead atoms. The van der Waals surface area contributed by atoms with Gasteiger partial charge in [-0.05, 0) is 46.6 Å². The van der Waals surface area contributed by atoms with Crippen LogP contribution in [0.15, 0.2) is 36.4 Å². The van der Waals surface area contributed by atoms with Gasteiger partial charge in [-0.15, -0.1) is 11.6 Å². The van der Waals surface area contributed by atoms with E-state index >= 15 is 0 Å². The Morgan fingerprint density at radius 1 is 1.00 bits per heavy atom. The van der Waals surface area contributed by atoms with Gasteiger partial charge in [-0.3, -0.25) is 0 Å². The highest BCUT2D eigenvalue weighted by atomic mass is 35.5. The SMILES string of the molecule is Cc1ccc(C(Cl)CC(C)C(C)(C)C)c2ccccc12. The van der Waals surface area contributed by atoms with Crippen molar-refractivity contribution in [3.8, 4) is 0 Å². The second-order valence-corrected chi connectivity index (χ2v) is 7.51. The molecule has 1 heteroatoms. The average Bonchev–Trinajstić information content (AvgIpc) is 2.38. The maximum atomic E-state index is 6.74. The Balaban J connectivity index is 2.36. The third-order valence-corrected chi connectivity index (χ3v) is 4.97. The minimum atomic E-state index is 0.0784. The molecule has 0 saturated heterocycles. The Morgan fingerprint density at radius 3 is 2.20 bits per heavy atom. The van der Waals surface area contributed by atoms with Crippen molar-refractivity contribution in [2.45, 2.75) is 46.4 Å². The largest absolute Gasteiger partial charge is 0.118 e. The van der Waals surface area contributed by atoms with Crippen molar-refractivity contribution in [1.29, 1.82) is 0 Å². The third-order valence-electron chi connectivity index (χ3n) is 4.55. The second kappa shape index (κ2) is 5.77. The quantitative estimate of drug-likeness (QED) is 0.565. The lowest BCUT2D eigenvalue weighted by Crippen LogP contribution is -2.18. The van der Waals surface area contributed by atoms with Crippen molar-refractivity contribution in [3.05, 3.63) is 47.5 Å². The molecule has 0 spiro atoms. The van der Waals surface area contributed by atoms with Gasteiger partial charge in [-0.2, -0.15) is 0 Å². The molecule has 0 aromatic heterocycles. The highest BCUT2D eigenvalue weighted by molar-refractivity contribution is 6.21. The summed E-state index contributed by atoms with van der Waals surface area (Å²) in [5.74, 6) is 0.588. The van der Waals surface area contributed by atoms with Crippen LogP contribution in [-0.4, -0.2) is 0 Å². The lowest BCUT2D eigenvalue weighted by Gasteiger charge is -2.29. The van der Waals surface area contributed by atoms with Crippen molar-refractivity contribution in [1.82, 2.24) is 0 Å². The van der Waals surface area contributed by atoms with Crippen molar-refractivity contribution in [3.63, 3.8) is 0 Å². The van der Waals surface area contributed by atoms with Gasteiger partial charge in [0.15, 0.2) is 0 Å². The van der Waals surface area contributed by atoms with Gasteiger partial charge in [0.1, 0.15) is 0 Å². The van der Waals surface area contributed by atoms with E-state index in [2.05, 4.69) is 71.0 Å². The van der Waals surface area contributed by atoms with Crippen molar-refractivity contribution in [2.75, 3.05) is 0 Å². The fourth-order valence-electron chi connectivity index (χ4n) is 2.54. The standard InChI is InChI=1S/C19H25Cl/c1-13-10-11-17(16-9-7-6-8-15(13)16)18(20)12-14(2)19(3,4)5/h6-11,14,18H,12H2,1-5H3. The number of fused-ring (bicyclic) bond motifs is 1. The van der Waals surface area contributed by atoms with Crippen molar-refractivity contribution >= 4 is 22.4 Å². The molecule has 2 atom stereocenters. The highest BCUT2D eigenvalue weighted by Crippen LogP contribution is 2.39. The number of hydrogen-bond acceptors (Lipinski definition) is 0. The summed E-state index contributed by atoms with van der Waals surface area (Å²) in [7, 11) is 0. The molecule has 0 amide bonds. The van der Waals surface area contributed by atoms with E-state index in [9.17, 15) is 0 Å². The summed E-state index contributed by atoms with van der Waals surface area (Å²) in [5, 5.41) is 2.70. The molecule has 0 radical (unpaired) electrons. The lowest BCUT2D eigenvalue weighted by atomic mass is 9.78. The van der Waals surface area contributed by atoms with Gasteiger partial charge in [0.05, 0.1) is 5.38 Å².